The highest BCUT2D eigenvalue weighted by molar-refractivity contribution is 14.1. The molecule has 0 aromatic heterocycles. The fourth-order valence-electron chi connectivity index (χ4n) is 1.42. The van der Waals surface area contributed by atoms with E-state index in [2.05, 4.69) is 0 Å². The molecule has 0 amide bonds. The van der Waals surface area contributed by atoms with Gasteiger partial charge in [-0.1, -0.05) is 34.7 Å². The molecule has 4 heteroatoms. The lowest BCUT2D eigenvalue weighted by Gasteiger charge is -2.11. The lowest BCUT2D eigenvalue weighted by molar-refractivity contribution is -0.131. The largest absolute Gasteiger partial charge is 0.425 e. The molecule has 2 nitrogen and oxygen atoms in total. The van der Waals surface area contributed by atoms with Crippen molar-refractivity contribution in [1.82, 2.24) is 0 Å². The first-order valence-electron chi connectivity index (χ1n) is 4.51. The maximum atomic E-state index is 11.2. The molecule has 1 aromatic carbocycles. The topological polar surface area (TPSA) is 26.3 Å². The van der Waals surface area contributed by atoms with Crippen molar-refractivity contribution < 1.29 is 9.53 Å². The highest BCUT2D eigenvalue weighted by atomic mass is 127. The van der Waals surface area contributed by atoms with Crippen LogP contribution in [0.2, 0.25) is 0 Å². The lowest BCUT2D eigenvalue weighted by Crippen LogP contribution is -2.10. The Morgan fingerprint density at radius 1 is 1.40 bits per heavy atom. The lowest BCUT2D eigenvalue weighted by atomic mass is 10.1. The summed E-state index contributed by atoms with van der Waals surface area (Å²) in [4.78, 5) is 11.2. The number of aryl methyl sites for hydroxylation is 2. The number of carbonyl (C=O) groups is 1. The normalized spacial score (nSPS) is 10.1. The van der Waals surface area contributed by atoms with E-state index < -0.39 is 0 Å². The molecule has 0 heterocycles. The van der Waals surface area contributed by atoms with E-state index in [0.717, 1.165) is 16.7 Å². The third-order valence-electron chi connectivity index (χ3n) is 2.00. The second-order valence-corrected chi connectivity index (χ2v) is 4.33. The molecule has 0 aliphatic heterocycles. The number of alkyl halides is 2. The maximum Gasteiger partial charge on any atom is 0.321 e. The van der Waals surface area contributed by atoms with E-state index in [4.69, 9.17) is 16.3 Å². The minimum atomic E-state index is -0.222. The zero-order chi connectivity index (χ0) is 11.4. The number of carbonyl (C=O) groups excluding carboxylic acids is 1. The second-order valence-electron chi connectivity index (χ2n) is 3.30. The molecule has 0 N–H and O–H groups in total. The highest BCUT2D eigenvalue weighted by Gasteiger charge is 2.09. The number of ether oxygens (including phenoxy) is 1. The van der Waals surface area contributed by atoms with Crippen LogP contribution in [0.3, 0.4) is 0 Å². The Labute approximate surface area is 108 Å². The molecule has 0 saturated heterocycles. The first-order valence-corrected chi connectivity index (χ1v) is 6.57. The van der Waals surface area contributed by atoms with Crippen LogP contribution in [-0.2, 0) is 10.7 Å². The highest BCUT2D eigenvalue weighted by Crippen LogP contribution is 2.25. The molecule has 15 heavy (non-hydrogen) atoms. The Balaban J connectivity index is 3.03. The smallest absolute Gasteiger partial charge is 0.321 e. The summed E-state index contributed by atoms with van der Waals surface area (Å²) in [6.07, 6.45) is 0. The van der Waals surface area contributed by atoms with Crippen LogP contribution in [0.1, 0.15) is 16.7 Å². The average Bonchev–Trinajstić information content (AvgIpc) is 2.22. The minimum absolute atomic E-state index is 0.222. The Hall–Kier alpha value is -0.290. The molecule has 0 aliphatic carbocycles. The summed E-state index contributed by atoms with van der Waals surface area (Å²) >= 11 is 7.73. The van der Waals surface area contributed by atoms with E-state index in [1.54, 1.807) is 0 Å². The van der Waals surface area contributed by atoms with Gasteiger partial charge >= 0.3 is 5.97 Å². The van der Waals surface area contributed by atoms with Crippen LogP contribution >= 0.6 is 34.2 Å². The van der Waals surface area contributed by atoms with Crippen LogP contribution in [0.5, 0.6) is 5.75 Å². The van der Waals surface area contributed by atoms with Gasteiger partial charge in [0.05, 0.1) is 4.43 Å². The van der Waals surface area contributed by atoms with Gasteiger partial charge in [-0.25, -0.2) is 0 Å². The summed E-state index contributed by atoms with van der Waals surface area (Å²) < 4.78 is 5.59. The van der Waals surface area contributed by atoms with E-state index in [-0.39, 0.29) is 5.97 Å². The third-order valence-corrected chi connectivity index (χ3v) is 2.93. The predicted molar refractivity (Wildman–Crippen MR) is 70.0 cm³/mol. The molecule has 0 radical (unpaired) electrons. The van der Waals surface area contributed by atoms with Gasteiger partial charge in [0.15, 0.2) is 0 Å². The van der Waals surface area contributed by atoms with Crippen molar-refractivity contribution in [2.75, 3.05) is 4.43 Å². The van der Waals surface area contributed by atoms with Crippen molar-refractivity contribution in [2.24, 2.45) is 0 Å². The average molecular weight is 339 g/mol. The van der Waals surface area contributed by atoms with E-state index in [1.165, 1.54) is 0 Å². The number of esters is 1. The maximum absolute atomic E-state index is 11.2. The Morgan fingerprint density at radius 2 is 1.93 bits per heavy atom. The Morgan fingerprint density at radius 3 is 2.33 bits per heavy atom. The van der Waals surface area contributed by atoms with Gasteiger partial charge in [-0.05, 0) is 30.5 Å². The molecular formula is C11H12ClIO2. The van der Waals surface area contributed by atoms with Gasteiger partial charge in [-0.3, -0.25) is 4.79 Å². The van der Waals surface area contributed by atoms with Crippen molar-refractivity contribution in [3.63, 3.8) is 0 Å². The van der Waals surface area contributed by atoms with Crippen LogP contribution in [0, 0.1) is 13.8 Å². The van der Waals surface area contributed by atoms with Crippen LogP contribution < -0.4 is 4.74 Å². The molecule has 0 bridgehead atoms. The van der Waals surface area contributed by atoms with Crippen LogP contribution in [-0.4, -0.2) is 10.4 Å². The summed E-state index contributed by atoms with van der Waals surface area (Å²) in [5, 5.41) is 0. The summed E-state index contributed by atoms with van der Waals surface area (Å²) in [5.41, 5.74) is 2.94. The zero-order valence-corrected chi connectivity index (χ0v) is 11.6. The zero-order valence-electron chi connectivity index (χ0n) is 8.64. The summed E-state index contributed by atoms with van der Waals surface area (Å²) in [6.45, 7) is 3.83. The van der Waals surface area contributed by atoms with E-state index in [1.807, 2.05) is 48.6 Å². The quantitative estimate of drug-likeness (QED) is 0.365. The monoisotopic (exact) mass is 338 g/mol. The predicted octanol–water partition coefficient (Wildman–Crippen LogP) is 3.38. The van der Waals surface area contributed by atoms with Gasteiger partial charge in [-0.15, -0.1) is 11.6 Å². The Kier molecular flexibility index (Phi) is 4.86. The van der Waals surface area contributed by atoms with Crippen molar-refractivity contribution >= 4 is 40.2 Å². The Bertz CT molecular complexity index is 354. The molecule has 0 unspecified atom stereocenters. The van der Waals surface area contributed by atoms with Crippen LogP contribution in [0.25, 0.3) is 0 Å². The van der Waals surface area contributed by atoms with Crippen LogP contribution in [0.15, 0.2) is 12.1 Å². The minimum Gasteiger partial charge on any atom is -0.425 e. The standard InChI is InChI=1S/C11H12ClIO2/c1-7-3-9(5-12)4-8(2)11(7)15-10(14)6-13/h3-4H,5-6H2,1-2H3. The number of rotatable bonds is 3. The molecule has 0 atom stereocenters. The number of benzene rings is 1. The van der Waals surface area contributed by atoms with Crippen molar-refractivity contribution in [1.29, 1.82) is 0 Å². The molecule has 0 aliphatic rings. The molecular weight excluding hydrogens is 326 g/mol. The first-order chi connectivity index (χ1) is 7.08. The SMILES string of the molecule is Cc1cc(CCl)cc(C)c1OC(=O)CI. The number of halogens is 2. The van der Waals surface area contributed by atoms with Gasteiger partial charge in [-0.2, -0.15) is 0 Å². The number of hydrogen-bond donors (Lipinski definition) is 0. The fraction of sp³-hybridized carbons (Fsp3) is 0.364. The first kappa shape index (κ1) is 12.8. The second kappa shape index (κ2) is 5.70. The molecule has 0 fully saturated rings. The third kappa shape index (κ3) is 3.34. The van der Waals surface area contributed by atoms with Crippen molar-refractivity contribution in [2.45, 2.75) is 19.7 Å². The summed E-state index contributed by atoms with van der Waals surface area (Å²) in [7, 11) is 0. The van der Waals surface area contributed by atoms with Crippen LogP contribution in [0.4, 0.5) is 0 Å². The van der Waals surface area contributed by atoms with E-state index >= 15 is 0 Å². The van der Waals surface area contributed by atoms with Crippen molar-refractivity contribution in [3.05, 3.63) is 28.8 Å². The summed E-state index contributed by atoms with van der Waals surface area (Å²) in [5.74, 6) is 0.910. The van der Waals surface area contributed by atoms with Gasteiger partial charge in [0.1, 0.15) is 5.75 Å². The summed E-state index contributed by atoms with van der Waals surface area (Å²) in [6, 6.07) is 3.88. The van der Waals surface area contributed by atoms with E-state index in [0.29, 0.717) is 16.1 Å². The van der Waals surface area contributed by atoms with E-state index in [9.17, 15) is 4.79 Å². The van der Waals surface area contributed by atoms with Gasteiger partial charge in [0, 0.05) is 5.88 Å². The van der Waals surface area contributed by atoms with Gasteiger partial charge in [0.2, 0.25) is 0 Å². The number of hydrogen-bond acceptors (Lipinski definition) is 2. The molecule has 1 rings (SSSR count). The molecule has 1 aromatic rings. The van der Waals surface area contributed by atoms with Crippen molar-refractivity contribution in [3.8, 4) is 5.75 Å². The fourth-order valence-corrected chi connectivity index (χ4v) is 1.73. The van der Waals surface area contributed by atoms with Gasteiger partial charge in [0.25, 0.3) is 0 Å². The molecule has 82 valence electrons. The van der Waals surface area contributed by atoms with Gasteiger partial charge < -0.3 is 4.74 Å². The molecule has 0 saturated carbocycles. The molecule has 0 spiro atoms.